The van der Waals surface area contributed by atoms with Crippen LogP contribution in [0.4, 0.5) is 0 Å². The minimum atomic E-state index is -0.445. The molecule has 0 saturated heterocycles. The van der Waals surface area contributed by atoms with Crippen LogP contribution in [-0.2, 0) is 4.74 Å². The van der Waals surface area contributed by atoms with Crippen LogP contribution in [0.5, 0.6) is 0 Å². The largest absolute Gasteiger partial charge is 0.465 e. The minimum Gasteiger partial charge on any atom is -0.465 e. The van der Waals surface area contributed by atoms with Crippen molar-refractivity contribution in [3.05, 3.63) is 35.2 Å². The molecule has 1 heterocycles. The highest BCUT2D eigenvalue weighted by molar-refractivity contribution is 6.00. The van der Waals surface area contributed by atoms with Gasteiger partial charge in [0.25, 0.3) is 5.91 Å². The first-order valence-corrected chi connectivity index (χ1v) is 5.19. The number of esters is 1. The van der Waals surface area contributed by atoms with E-state index < -0.39 is 5.97 Å². The van der Waals surface area contributed by atoms with Crippen LogP contribution in [0.1, 0.15) is 32.1 Å². The van der Waals surface area contributed by atoms with Gasteiger partial charge in [-0.2, -0.15) is 0 Å². The summed E-state index contributed by atoms with van der Waals surface area (Å²) >= 11 is 0. The fourth-order valence-corrected chi connectivity index (χ4v) is 1.64. The molecule has 0 aliphatic carbocycles. The Morgan fingerprint density at radius 2 is 2.12 bits per heavy atom. The molecule has 0 aliphatic rings. The third-order valence-electron chi connectivity index (χ3n) is 2.46. The van der Waals surface area contributed by atoms with E-state index in [-0.39, 0.29) is 5.91 Å². The Bertz CT molecular complexity index is 461. The fraction of sp³-hybridized carbons (Fsp3) is 0.333. The zero-order valence-electron chi connectivity index (χ0n) is 10.2. The number of hydrogen-bond donors (Lipinski definition) is 2. The summed E-state index contributed by atoms with van der Waals surface area (Å²) in [7, 11) is 1.31. The second-order valence-electron chi connectivity index (χ2n) is 3.62. The Hall–Kier alpha value is -2.04. The number of H-pyrrole nitrogens is 1. The lowest BCUT2D eigenvalue weighted by Crippen LogP contribution is -2.24. The summed E-state index contributed by atoms with van der Waals surface area (Å²) < 4.78 is 4.67. The number of carbonyl (C=O) groups excluding carboxylic acids is 2. The zero-order valence-corrected chi connectivity index (χ0v) is 10.2. The molecule has 0 unspecified atom stereocenters. The topological polar surface area (TPSA) is 71.2 Å². The second kappa shape index (κ2) is 5.34. The van der Waals surface area contributed by atoms with Crippen molar-refractivity contribution < 1.29 is 14.3 Å². The number of aromatic amines is 1. The van der Waals surface area contributed by atoms with E-state index in [4.69, 9.17) is 0 Å². The molecule has 5 nitrogen and oxygen atoms in total. The number of nitrogens with one attached hydrogen (secondary N) is 2. The molecule has 0 aliphatic heterocycles. The predicted molar refractivity (Wildman–Crippen MR) is 64.1 cm³/mol. The highest BCUT2D eigenvalue weighted by Gasteiger charge is 2.21. The zero-order chi connectivity index (χ0) is 13.0. The molecular weight excluding hydrogens is 220 g/mol. The number of aryl methyl sites for hydroxylation is 1. The maximum atomic E-state index is 11.8. The van der Waals surface area contributed by atoms with Gasteiger partial charge in [-0.1, -0.05) is 6.08 Å². The van der Waals surface area contributed by atoms with E-state index in [1.807, 2.05) is 0 Å². The molecule has 1 rings (SSSR count). The van der Waals surface area contributed by atoms with Gasteiger partial charge in [0.1, 0.15) is 5.69 Å². The number of carbonyl (C=O) groups is 2. The number of rotatable bonds is 4. The summed E-state index contributed by atoms with van der Waals surface area (Å²) in [6, 6.07) is 0. The molecule has 1 aromatic rings. The average molecular weight is 236 g/mol. The maximum Gasteiger partial charge on any atom is 0.339 e. The maximum absolute atomic E-state index is 11.8. The smallest absolute Gasteiger partial charge is 0.339 e. The third-order valence-corrected chi connectivity index (χ3v) is 2.46. The lowest BCUT2D eigenvalue weighted by Gasteiger charge is -2.02. The highest BCUT2D eigenvalue weighted by Crippen LogP contribution is 2.18. The summed E-state index contributed by atoms with van der Waals surface area (Å²) in [6.45, 7) is 7.33. The monoisotopic (exact) mass is 236 g/mol. The average Bonchev–Trinajstić information content (AvgIpc) is 2.61. The van der Waals surface area contributed by atoms with E-state index in [0.717, 1.165) is 0 Å². The van der Waals surface area contributed by atoms with Crippen LogP contribution < -0.4 is 5.32 Å². The second-order valence-corrected chi connectivity index (χ2v) is 3.62. The van der Waals surface area contributed by atoms with Crippen LogP contribution in [0, 0.1) is 13.8 Å². The number of ether oxygens (including phenoxy) is 1. The molecule has 0 atom stereocenters. The van der Waals surface area contributed by atoms with Crippen LogP contribution in [0.25, 0.3) is 0 Å². The first kappa shape index (κ1) is 13.0. The van der Waals surface area contributed by atoms with Gasteiger partial charge in [0.2, 0.25) is 0 Å². The van der Waals surface area contributed by atoms with Crippen LogP contribution >= 0.6 is 0 Å². The highest BCUT2D eigenvalue weighted by atomic mass is 16.5. The SMILES string of the molecule is C=CCNC(=O)c1[nH]c(C)c(C(=O)OC)c1C. The van der Waals surface area contributed by atoms with Crippen LogP contribution in [-0.4, -0.2) is 30.5 Å². The molecule has 92 valence electrons. The van der Waals surface area contributed by atoms with Gasteiger partial charge in [0, 0.05) is 12.2 Å². The molecular formula is C12H16N2O3. The molecule has 0 fully saturated rings. The Kier molecular flexibility index (Phi) is 4.09. The van der Waals surface area contributed by atoms with E-state index in [9.17, 15) is 9.59 Å². The van der Waals surface area contributed by atoms with Gasteiger partial charge in [-0.3, -0.25) is 4.79 Å². The van der Waals surface area contributed by atoms with Crippen molar-refractivity contribution in [1.29, 1.82) is 0 Å². The van der Waals surface area contributed by atoms with Gasteiger partial charge >= 0.3 is 5.97 Å². The summed E-state index contributed by atoms with van der Waals surface area (Å²) in [5.41, 5.74) is 2.01. The molecule has 0 radical (unpaired) electrons. The van der Waals surface area contributed by atoms with Crippen molar-refractivity contribution in [2.75, 3.05) is 13.7 Å². The van der Waals surface area contributed by atoms with Gasteiger partial charge in [-0.15, -0.1) is 6.58 Å². The molecule has 17 heavy (non-hydrogen) atoms. The van der Waals surface area contributed by atoms with E-state index in [1.165, 1.54) is 7.11 Å². The fourth-order valence-electron chi connectivity index (χ4n) is 1.64. The Morgan fingerprint density at radius 3 is 2.65 bits per heavy atom. The van der Waals surface area contributed by atoms with Gasteiger partial charge in [0.15, 0.2) is 0 Å². The molecule has 5 heteroatoms. The Balaban J connectivity index is 3.07. The van der Waals surface area contributed by atoms with Crippen molar-refractivity contribution in [2.45, 2.75) is 13.8 Å². The Morgan fingerprint density at radius 1 is 1.47 bits per heavy atom. The molecule has 0 saturated carbocycles. The van der Waals surface area contributed by atoms with Crippen LogP contribution in [0.3, 0.4) is 0 Å². The summed E-state index contributed by atoms with van der Waals surface area (Å²) in [4.78, 5) is 26.2. The first-order valence-electron chi connectivity index (χ1n) is 5.19. The molecule has 0 spiro atoms. The number of hydrogen-bond acceptors (Lipinski definition) is 3. The van der Waals surface area contributed by atoms with E-state index in [2.05, 4.69) is 21.6 Å². The van der Waals surface area contributed by atoms with Gasteiger partial charge in [0.05, 0.1) is 12.7 Å². The quantitative estimate of drug-likeness (QED) is 0.612. The van der Waals surface area contributed by atoms with Crippen molar-refractivity contribution in [3.8, 4) is 0 Å². The number of amides is 1. The Labute approximate surface area is 99.9 Å². The van der Waals surface area contributed by atoms with Crippen molar-refractivity contribution in [3.63, 3.8) is 0 Å². The normalized spacial score (nSPS) is 9.82. The van der Waals surface area contributed by atoms with Crippen molar-refractivity contribution in [2.24, 2.45) is 0 Å². The van der Waals surface area contributed by atoms with Gasteiger partial charge in [-0.05, 0) is 19.4 Å². The third kappa shape index (κ3) is 2.55. The molecule has 0 bridgehead atoms. The summed E-state index contributed by atoms with van der Waals surface area (Å²) in [6.07, 6.45) is 1.59. The number of aromatic nitrogens is 1. The van der Waals surface area contributed by atoms with E-state index in [0.29, 0.717) is 29.1 Å². The van der Waals surface area contributed by atoms with E-state index in [1.54, 1.807) is 19.9 Å². The number of methoxy groups -OCH3 is 1. The van der Waals surface area contributed by atoms with E-state index >= 15 is 0 Å². The predicted octanol–water partition coefficient (Wildman–Crippen LogP) is 1.33. The van der Waals surface area contributed by atoms with Gasteiger partial charge in [-0.25, -0.2) is 4.79 Å². The first-order chi connectivity index (χ1) is 8.02. The standard InChI is InChI=1S/C12H16N2O3/c1-5-6-13-11(15)10-7(2)9(8(3)14-10)12(16)17-4/h5,14H,1,6H2,2-4H3,(H,13,15). The van der Waals surface area contributed by atoms with Crippen molar-refractivity contribution >= 4 is 11.9 Å². The molecule has 0 aromatic carbocycles. The summed E-state index contributed by atoms with van der Waals surface area (Å²) in [5.74, 6) is -0.709. The minimum absolute atomic E-state index is 0.263. The van der Waals surface area contributed by atoms with Crippen LogP contribution in [0.15, 0.2) is 12.7 Å². The summed E-state index contributed by atoms with van der Waals surface area (Å²) in [5, 5.41) is 2.65. The van der Waals surface area contributed by atoms with Crippen molar-refractivity contribution in [1.82, 2.24) is 10.3 Å². The molecule has 2 N–H and O–H groups in total. The lowest BCUT2D eigenvalue weighted by atomic mass is 10.1. The lowest BCUT2D eigenvalue weighted by molar-refractivity contribution is 0.0599. The molecule has 1 amide bonds. The van der Waals surface area contributed by atoms with Gasteiger partial charge < -0.3 is 15.0 Å². The molecule has 1 aromatic heterocycles. The van der Waals surface area contributed by atoms with Crippen LogP contribution in [0.2, 0.25) is 0 Å².